The highest BCUT2D eigenvalue weighted by atomic mass is 19.4. The van der Waals surface area contributed by atoms with E-state index in [-0.39, 0.29) is 43.1 Å². The van der Waals surface area contributed by atoms with E-state index in [0.717, 1.165) is 48.1 Å². The zero-order valence-corrected chi connectivity index (χ0v) is 23.1. The predicted molar refractivity (Wildman–Crippen MR) is 144 cm³/mol. The predicted octanol–water partition coefficient (Wildman–Crippen LogP) is 5.41. The standard InChI is InChI=1S/C30H26F6N6O2/c31-29(32,33)20-3-1-2-19(13-20)28(9-8-17-4-5-17)26(44)42(27(37)40-28)14-18-6-7-22(30(34,35)36)21(12-18)25(43)41-15-23-24(16-41)39-11-10-38-23/h1-3,6-7,10-13,17H,4-5,8-9,14-16H2,(H2,37,40). The first-order chi connectivity index (χ1) is 20.8. The summed E-state index contributed by atoms with van der Waals surface area (Å²) in [7, 11) is 0. The molecule has 0 spiro atoms. The van der Waals surface area contributed by atoms with Crippen LogP contribution < -0.4 is 5.73 Å². The van der Waals surface area contributed by atoms with Gasteiger partial charge in [-0.1, -0.05) is 31.0 Å². The molecule has 1 aliphatic carbocycles. The molecule has 2 N–H and O–H groups in total. The van der Waals surface area contributed by atoms with Crippen LogP contribution in [0, 0.1) is 5.92 Å². The first-order valence-electron chi connectivity index (χ1n) is 13.9. The molecule has 3 heterocycles. The fourth-order valence-electron chi connectivity index (χ4n) is 5.74. The Kier molecular flexibility index (Phi) is 7.12. The summed E-state index contributed by atoms with van der Waals surface area (Å²) >= 11 is 0. The maximum atomic E-state index is 14.0. The van der Waals surface area contributed by atoms with Crippen molar-refractivity contribution in [3.8, 4) is 0 Å². The molecule has 0 radical (unpaired) electrons. The molecule has 1 aromatic heterocycles. The first-order valence-corrected chi connectivity index (χ1v) is 13.9. The van der Waals surface area contributed by atoms with E-state index in [9.17, 15) is 35.9 Å². The van der Waals surface area contributed by atoms with Crippen molar-refractivity contribution in [3.63, 3.8) is 0 Å². The van der Waals surface area contributed by atoms with Gasteiger partial charge in [0.15, 0.2) is 11.5 Å². The molecule has 8 nitrogen and oxygen atoms in total. The number of guanidine groups is 1. The third-order valence-corrected chi connectivity index (χ3v) is 8.25. The first kappa shape index (κ1) is 29.6. The molecule has 14 heteroatoms. The molecule has 2 aromatic carbocycles. The van der Waals surface area contributed by atoms with E-state index in [1.54, 1.807) is 0 Å². The van der Waals surface area contributed by atoms with Crippen molar-refractivity contribution in [3.05, 3.63) is 94.1 Å². The largest absolute Gasteiger partial charge is 0.417 e. The molecular weight excluding hydrogens is 590 g/mol. The van der Waals surface area contributed by atoms with Crippen LogP contribution >= 0.6 is 0 Å². The van der Waals surface area contributed by atoms with Crippen LogP contribution in [0.15, 0.2) is 59.9 Å². The highest BCUT2D eigenvalue weighted by molar-refractivity contribution is 6.07. The van der Waals surface area contributed by atoms with Crippen molar-refractivity contribution < 1.29 is 35.9 Å². The number of rotatable bonds is 7. The van der Waals surface area contributed by atoms with Gasteiger partial charge in [-0.05, 0) is 54.2 Å². The highest BCUT2D eigenvalue weighted by Crippen LogP contribution is 2.44. The minimum atomic E-state index is -4.85. The summed E-state index contributed by atoms with van der Waals surface area (Å²) in [5.41, 5.74) is 2.89. The van der Waals surface area contributed by atoms with Gasteiger partial charge in [0.25, 0.3) is 11.8 Å². The Bertz CT molecular complexity index is 1640. The Morgan fingerprint density at radius 1 is 0.955 bits per heavy atom. The minimum Gasteiger partial charge on any atom is -0.369 e. The monoisotopic (exact) mass is 616 g/mol. The molecule has 2 aliphatic heterocycles. The molecule has 3 aliphatic rings. The lowest BCUT2D eigenvalue weighted by Gasteiger charge is -2.27. The van der Waals surface area contributed by atoms with Crippen LogP contribution in [0.3, 0.4) is 0 Å². The molecule has 1 atom stereocenters. The normalized spacial score (nSPS) is 20.2. The van der Waals surface area contributed by atoms with Crippen LogP contribution in [-0.4, -0.2) is 37.5 Å². The third-order valence-electron chi connectivity index (χ3n) is 8.25. The molecule has 1 saturated carbocycles. The lowest BCUT2D eigenvalue weighted by molar-refractivity contribution is -0.138. The van der Waals surface area contributed by atoms with Crippen molar-refractivity contribution in [2.45, 2.75) is 63.2 Å². The molecule has 0 saturated heterocycles. The molecule has 230 valence electrons. The molecule has 2 amide bonds. The number of aromatic nitrogens is 2. The second kappa shape index (κ2) is 10.6. The number of benzene rings is 2. The smallest absolute Gasteiger partial charge is 0.369 e. The van der Waals surface area contributed by atoms with Crippen LogP contribution in [0.1, 0.15) is 69.7 Å². The van der Waals surface area contributed by atoms with Gasteiger partial charge in [-0.25, -0.2) is 4.99 Å². The average Bonchev–Trinajstić information content (AvgIpc) is 3.66. The van der Waals surface area contributed by atoms with E-state index >= 15 is 0 Å². The second-order valence-electron chi connectivity index (χ2n) is 11.3. The number of aliphatic imine (C=N–C) groups is 1. The molecule has 3 aromatic rings. The van der Waals surface area contributed by atoms with Gasteiger partial charge in [0.05, 0.1) is 47.7 Å². The van der Waals surface area contributed by atoms with E-state index in [1.807, 2.05) is 0 Å². The molecule has 44 heavy (non-hydrogen) atoms. The lowest BCUT2D eigenvalue weighted by Crippen LogP contribution is -2.42. The molecule has 0 bridgehead atoms. The van der Waals surface area contributed by atoms with Crippen molar-refractivity contribution in [2.24, 2.45) is 16.6 Å². The summed E-state index contributed by atoms with van der Waals surface area (Å²) in [5, 5.41) is 0. The van der Waals surface area contributed by atoms with E-state index in [2.05, 4.69) is 15.0 Å². The highest BCUT2D eigenvalue weighted by Gasteiger charge is 2.50. The van der Waals surface area contributed by atoms with Gasteiger partial charge < -0.3 is 10.6 Å². The topological polar surface area (TPSA) is 105 Å². The third kappa shape index (κ3) is 5.48. The summed E-state index contributed by atoms with van der Waals surface area (Å²) in [6, 6.07) is 7.34. The fourth-order valence-corrected chi connectivity index (χ4v) is 5.74. The number of alkyl halides is 6. The summed E-state index contributed by atoms with van der Waals surface area (Å²) in [5.74, 6) is -1.53. The number of hydrogen-bond acceptors (Lipinski definition) is 6. The van der Waals surface area contributed by atoms with Gasteiger partial charge in [-0.15, -0.1) is 0 Å². The number of nitrogens with zero attached hydrogens (tertiary/aromatic N) is 5. The van der Waals surface area contributed by atoms with Crippen molar-refractivity contribution >= 4 is 17.8 Å². The SMILES string of the molecule is NC1=NC(CCC2CC2)(c2cccc(C(F)(F)F)c2)C(=O)N1Cc1ccc(C(F)(F)F)c(C(=O)N2Cc3nccnc3C2)c1. The Morgan fingerprint density at radius 2 is 1.64 bits per heavy atom. The molecular formula is C30H26F6N6O2. The van der Waals surface area contributed by atoms with E-state index in [4.69, 9.17) is 5.73 Å². The lowest BCUT2D eigenvalue weighted by atomic mass is 9.83. The Hall–Kier alpha value is -4.49. The van der Waals surface area contributed by atoms with E-state index in [0.29, 0.717) is 23.7 Å². The summed E-state index contributed by atoms with van der Waals surface area (Å²) in [6.07, 6.45) is -4.13. The Morgan fingerprint density at radius 3 is 2.25 bits per heavy atom. The quantitative estimate of drug-likeness (QED) is 0.358. The summed E-state index contributed by atoms with van der Waals surface area (Å²) in [6.45, 7) is -0.386. The number of carbonyl (C=O) groups is 2. The van der Waals surface area contributed by atoms with Gasteiger partial charge in [-0.3, -0.25) is 24.5 Å². The molecule has 6 rings (SSSR count). The summed E-state index contributed by atoms with van der Waals surface area (Å²) < 4.78 is 82.7. The number of fused-ring (bicyclic) bond motifs is 1. The van der Waals surface area contributed by atoms with Gasteiger partial charge in [-0.2, -0.15) is 26.3 Å². The number of nitrogens with two attached hydrogens (primary N) is 1. The van der Waals surface area contributed by atoms with Gasteiger partial charge in [0.1, 0.15) is 0 Å². The number of amides is 2. The molecule has 1 fully saturated rings. The zero-order chi connectivity index (χ0) is 31.4. The summed E-state index contributed by atoms with van der Waals surface area (Å²) in [4.78, 5) is 42.3. The number of halogens is 6. The van der Waals surface area contributed by atoms with Crippen molar-refractivity contribution in [1.82, 2.24) is 19.8 Å². The average molecular weight is 617 g/mol. The number of carbonyl (C=O) groups excluding carboxylic acids is 2. The van der Waals surface area contributed by atoms with E-state index in [1.165, 1.54) is 29.4 Å². The Balaban J connectivity index is 1.32. The minimum absolute atomic E-state index is 0.0196. The number of hydrogen-bond donors (Lipinski definition) is 1. The van der Waals surface area contributed by atoms with Crippen molar-refractivity contribution in [1.29, 1.82) is 0 Å². The van der Waals surface area contributed by atoms with Crippen molar-refractivity contribution in [2.75, 3.05) is 0 Å². The Labute approximate surface area is 247 Å². The second-order valence-corrected chi connectivity index (χ2v) is 11.3. The zero-order valence-electron chi connectivity index (χ0n) is 23.1. The van der Waals surface area contributed by atoms with E-state index < -0.39 is 46.4 Å². The van der Waals surface area contributed by atoms with Crippen LogP contribution in [0.25, 0.3) is 0 Å². The van der Waals surface area contributed by atoms with Gasteiger partial charge in [0, 0.05) is 12.4 Å². The maximum absolute atomic E-state index is 14.0. The van der Waals surface area contributed by atoms with Crippen LogP contribution in [0.4, 0.5) is 26.3 Å². The van der Waals surface area contributed by atoms with Crippen LogP contribution in [-0.2, 0) is 42.3 Å². The fraction of sp³-hybridized carbons (Fsp3) is 0.367. The van der Waals surface area contributed by atoms with Gasteiger partial charge >= 0.3 is 12.4 Å². The van der Waals surface area contributed by atoms with Crippen LogP contribution in [0.2, 0.25) is 0 Å². The molecule has 1 unspecified atom stereocenters. The maximum Gasteiger partial charge on any atom is 0.417 e. The van der Waals surface area contributed by atoms with Gasteiger partial charge in [0.2, 0.25) is 0 Å². The van der Waals surface area contributed by atoms with Crippen LogP contribution in [0.5, 0.6) is 0 Å².